The molecule has 23 heavy (non-hydrogen) atoms. The molecule has 0 aliphatic carbocycles. The van der Waals surface area contributed by atoms with E-state index in [1.165, 1.54) is 11.8 Å². The first-order valence-corrected chi connectivity index (χ1v) is 8.26. The van der Waals surface area contributed by atoms with Crippen LogP contribution >= 0.6 is 23.4 Å². The number of hydrogen-bond acceptors (Lipinski definition) is 6. The predicted molar refractivity (Wildman–Crippen MR) is 90.4 cm³/mol. The molecule has 1 aromatic carbocycles. The number of hydrogen-bond donors (Lipinski definition) is 3. The molecule has 8 heteroatoms. The molecule has 0 radical (unpaired) electrons. The number of benzene rings is 1. The molecule has 1 atom stereocenters. The summed E-state index contributed by atoms with van der Waals surface area (Å²) < 4.78 is 0. The molecule has 3 rings (SSSR count). The van der Waals surface area contributed by atoms with Crippen molar-refractivity contribution in [3.8, 4) is 6.07 Å². The summed E-state index contributed by atoms with van der Waals surface area (Å²) in [5.41, 5.74) is 7.07. The van der Waals surface area contributed by atoms with Gasteiger partial charge in [-0.2, -0.15) is 5.26 Å². The Hall–Kier alpha value is -2.43. The van der Waals surface area contributed by atoms with Gasteiger partial charge in [-0.3, -0.25) is 4.79 Å². The SMILES string of the molecule is CSc1nc2c(c(=O)[nH]1)[C@@H](c1ccc(Cl)cc1)C(C#N)=C(N)N2. The van der Waals surface area contributed by atoms with Gasteiger partial charge in [0.2, 0.25) is 0 Å². The van der Waals surface area contributed by atoms with E-state index >= 15 is 0 Å². The van der Waals surface area contributed by atoms with E-state index in [4.69, 9.17) is 17.3 Å². The number of H-pyrrole nitrogens is 1. The van der Waals surface area contributed by atoms with Crippen molar-refractivity contribution < 1.29 is 0 Å². The van der Waals surface area contributed by atoms with Crippen molar-refractivity contribution in [2.75, 3.05) is 11.6 Å². The lowest BCUT2D eigenvalue weighted by Gasteiger charge is -2.26. The van der Waals surface area contributed by atoms with E-state index in [0.29, 0.717) is 21.6 Å². The number of rotatable bonds is 2. The fourth-order valence-electron chi connectivity index (χ4n) is 2.53. The van der Waals surface area contributed by atoms with Crippen LogP contribution in [-0.2, 0) is 0 Å². The molecule has 1 aliphatic rings. The van der Waals surface area contributed by atoms with Crippen LogP contribution in [0.2, 0.25) is 5.02 Å². The first kappa shape index (κ1) is 15.5. The van der Waals surface area contributed by atoms with Crippen LogP contribution in [0.4, 0.5) is 5.82 Å². The van der Waals surface area contributed by atoms with Gasteiger partial charge in [0.05, 0.1) is 23.1 Å². The summed E-state index contributed by atoms with van der Waals surface area (Å²) >= 11 is 7.24. The third-order valence-electron chi connectivity index (χ3n) is 3.57. The first-order valence-electron chi connectivity index (χ1n) is 6.65. The van der Waals surface area contributed by atoms with Crippen LogP contribution < -0.4 is 16.6 Å². The van der Waals surface area contributed by atoms with Gasteiger partial charge in [-0.05, 0) is 24.0 Å². The number of thioether (sulfide) groups is 1. The fraction of sp³-hybridized carbons (Fsp3) is 0.133. The number of fused-ring (bicyclic) bond motifs is 1. The third-order valence-corrected chi connectivity index (χ3v) is 4.40. The maximum atomic E-state index is 12.5. The minimum Gasteiger partial charge on any atom is -0.384 e. The van der Waals surface area contributed by atoms with Gasteiger partial charge in [0.1, 0.15) is 11.6 Å². The molecule has 2 heterocycles. The second kappa shape index (κ2) is 5.99. The Kier molecular flexibility index (Phi) is 4.03. The zero-order valence-electron chi connectivity index (χ0n) is 12.1. The molecule has 1 aromatic heterocycles. The van der Waals surface area contributed by atoms with E-state index < -0.39 is 5.92 Å². The first-order chi connectivity index (χ1) is 11.0. The molecule has 0 fully saturated rings. The molecule has 4 N–H and O–H groups in total. The second-order valence-electron chi connectivity index (χ2n) is 4.89. The number of halogens is 1. The Morgan fingerprint density at radius 2 is 2.09 bits per heavy atom. The zero-order valence-corrected chi connectivity index (χ0v) is 13.6. The van der Waals surface area contributed by atoms with Crippen molar-refractivity contribution in [2.45, 2.75) is 11.1 Å². The maximum Gasteiger partial charge on any atom is 0.257 e. The van der Waals surface area contributed by atoms with Gasteiger partial charge < -0.3 is 16.0 Å². The lowest BCUT2D eigenvalue weighted by Crippen LogP contribution is -2.30. The Bertz CT molecular complexity index is 898. The summed E-state index contributed by atoms with van der Waals surface area (Å²) in [7, 11) is 0. The van der Waals surface area contributed by atoms with Crippen molar-refractivity contribution in [3.05, 3.63) is 62.2 Å². The van der Waals surface area contributed by atoms with Gasteiger partial charge in [0.25, 0.3) is 5.56 Å². The fourth-order valence-corrected chi connectivity index (χ4v) is 3.03. The minimum atomic E-state index is -0.583. The number of aromatic amines is 1. The van der Waals surface area contributed by atoms with Crippen LogP contribution in [0.15, 0.2) is 45.6 Å². The molecule has 1 aliphatic heterocycles. The lowest BCUT2D eigenvalue weighted by molar-refractivity contribution is 0.835. The van der Waals surface area contributed by atoms with E-state index in [2.05, 4.69) is 21.4 Å². The Balaban J connectivity index is 2.27. The number of aromatic nitrogens is 2. The van der Waals surface area contributed by atoms with Crippen molar-refractivity contribution in [1.29, 1.82) is 5.26 Å². The molecule has 0 unspecified atom stereocenters. The molecule has 0 bridgehead atoms. The third kappa shape index (κ3) is 2.67. The lowest BCUT2D eigenvalue weighted by atomic mass is 9.84. The highest BCUT2D eigenvalue weighted by atomic mass is 35.5. The van der Waals surface area contributed by atoms with Crippen molar-refractivity contribution in [3.63, 3.8) is 0 Å². The zero-order chi connectivity index (χ0) is 16.6. The van der Waals surface area contributed by atoms with Gasteiger partial charge in [0.15, 0.2) is 5.16 Å². The van der Waals surface area contributed by atoms with Crippen LogP contribution in [0.1, 0.15) is 17.0 Å². The van der Waals surface area contributed by atoms with Gasteiger partial charge in [-0.25, -0.2) is 4.98 Å². The number of nitriles is 1. The number of anilines is 1. The summed E-state index contributed by atoms with van der Waals surface area (Å²) in [4.78, 5) is 19.6. The van der Waals surface area contributed by atoms with Crippen molar-refractivity contribution in [2.24, 2.45) is 5.73 Å². The van der Waals surface area contributed by atoms with Gasteiger partial charge in [-0.15, -0.1) is 0 Å². The summed E-state index contributed by atoms with van der Waals surface area (Å²) in [6.07, 6.45) is 1.81. The van der Waals surface area contributed by atoms with E-state index in [1.807, 2.05) is 6.26 Å². The highest BCUT2D eigenvalue weighted by Gasteiger charge is 2.32. The quantitative estimate of drug-likeness (QED) is 0.569. The maximum absolute atomic E-state index is 12.5. The molecule has 116 valence electrons. The second-order valence-corrected chi connectivity index (χ2v) is 6.12. The number of allylic oxidation sites excluding steroid dienone is 1. The smallest absolute Gasteiger partial charge is 0.257 e. The number of nitrogens with zero attached hydrogens (tertiary/aromatic N) is 2. The molecule has 2 aromatic rings. The summed E-state index contributed by atoms with van der Waals surface area (Å²) in [6, 6.07) is 9.05. The Morgan fingerprint density at radius 1 is 1.39 bits per heavy atom. The van der Waals surface area contributed by atoms with Crippen LogP contribution in [0.3, 0.4) is 0 Å². The van der Waals surface area contributed by atoms with Crippen LogP contribution in [-0.4, -0.2) is 16.2 Å². The monoisotopic (exact) mass is 345 g/mol. The minimum absolute atomic E-state index is 0.199. The van der Waals surface area contributed by atoms with Gasteiger partial charge in [0, 0.05) is 5.02 Å². The van der Waals surface area contributed by atoms with E-state index in [-0.39, 0.29) is 17.0 Å². The molecule has 0 saturated carbocycles. The molecule has 0 amide bonds. The standard InChI is InChI=1S/C15H12ClN5OS/c1-23-15-20-13-11(14(22)21-15)10(9(6-17)12(18)19-13)7-2-4-8(16)5-3-7/h2-5,10H,18H2,1H3,(H2,19,20,21,22)/t10-/m0/s1. The molecular weight excluding hydrogens is 334 g/mol. The van der Waals surface area contributed by atoms with Gasteiger partial charge >= 0.3 is 0 Å². The normalized spacial score (nSPS) is 16.5. The Morgan fingerprint density at radius 3 is 2.70 bits per heavy atom. The average Bonchev–Trinajstić information content (AvgIpc) is 2.54. The highest BCUT2D eigenvalue weighted by molar-refractivity contribution is 7.98. The summed E-state index contributed by atoms with van der Waals surface area (Å²) in [5.74, 6) is -0.0136. The topological polar surface area (TPSA) is 108 Å². The summed E-state index contributed by atoms with van der Waals surface area (Å²) in [5, 5.41) is 13.4. The van der Waals surface area contributed by atoms with Crippen LogP contribution in [0.5, 0.6) is 0 Å². The molecule has 6 nitrogen and oxygen atoms in total. The van der Waals surface area contributed by atoms with Crippen molar-refractivity contribution in [1.82, 2.24) is 9.97 Å². The van der Waals surface area contributed by atoms with Gasteiger partial charge in [-0.1, -0.05) is 35.5 Å². The molecule has 0 saturated heterocycles. The average molecular weight is 346 g/mol. The number of nitrogens with two attached hydrogens (primary N) is 1. The van der Waals surface area contributed by atoms with E-state index in [9.17, 15) is 10.1 Å². The van der Waals surface area contributed by atoms with Crippen molar-refractivity contribution >= 4 is 29.2 Å². The molecular formula is C15H12ClN5OS. The Labute approximate surface area is 141 Å². The summed E-state index contributed by atoms with van der Waals surface area (Å²) in [6.45, 7) is 0. The largest absolute Gasteiger partial charge is 0.384 e. The molecule has 0 spiro atoms. The number of nitrogens with one attached hydrogen (secondary N) is 2. The van der Waals surface area contributed by atoms with Crippen LogP contribution in [0, 0.1) is 11.3 Å². The van der Waals surface area contributed by atoms with E-state index in [0.717, 1.165) is 5.56 Å². The highest BCUT2D eigenvalue weighted by Crippen LogP contribution is 2.38. The van der Waals surface area contributed by atoms with Crippen LogP contribution in [0.25, 0.3) is 0 Å². The van der Waals surface area contributed by atoms with E-state index in [1.54, 1.807) is 24.3 Å². The predicted octanol–water partition coefficient (Wildman–Crippen LogP) is 2.40.